The van der Waals surface area contributed by atoms with E-state index in [4.69, 9.17) is 5.11 Å². The number of amides is 1. The quantitative estimate of drug-likeness (QED) is 0.802. The molecular formula is C13H23NO3. The average Bonchev–Trinajstić information content (AvgIpc) is 2.35. The van der Waals surface area contributed by atoms with E-state index in [1.165, 1.54) is 0 Å². The van der Waals surface area contributed by atoms with Crippen LogP contribution in [0.5, 0.6) is 0 Å². The molecule has 1 aliphatic heterocycles. The molecule has 4 heteroatoms. The van der Waals surface area contributed by atoms with Gasteiger partial charge in [-0.1, -0.05) is 26.7 Å². The summed E-state index contributed by atoms with van der Waals surface area (Å²) in [4.78, 5) is 24.7. The van der Waals surface area contributed by atoms with Crippen LogP contribution in [0.15, 0.2) is 0 Å². The van der Waals surface area contributed by atoms with Gasteiger partial charge in [0.1, 0.15) is 0 Å². The highest BCUT2D eigenvalue weighted by molar-refractivity contribution is 5.78. The average molecular weight is 241 g/mol. The van der Waals surface area contributed by atoms with Gasteiger partial charge in [0.05, 0.1) is 5.92 Å². The normalized spacial score (nSPS) is 20.6. The largest absolute Gasteiger partial charge is 0.481 e. The van der Waals surface area contributed by atoms with Gasteiger partial charge in [0.25, 0.3) is 0 Å². The zero-order valence-corrected chi connectivity index (χ0v) is 10.8. The number of piperidine rings is 1. The highest BCUT2D eigenvalue weighted by atomic mass is 16.4. The van der Waals surface area contributed by atoms with Crippen LogP contribution < -0.4 is 0 Å². The summed E-state index contributed by atoms with van der Waals surface area (Å²) < 4.78 is 0. The Hall–Kier alpha value is -1.06. The molecule has 0 unspecified atom stereocenters. The predicted molar refractivity (Wildman–Crippen MR) is 65.6 cm³/mol. The van der Waals surface area contributed by atoms with E-state index in [-0.39, 0.29) is 11.8 Å². The second-order valence-corrected chi connectivity index (χ2v) is 4.90. The fourth-order valence-electron chi connectivity index (χ4n) is 2.36. The number of hydrogen-bond donors (Lipinski definition) is 1. The molecule has 98 valence electrons. The Morgan fingerprint density at radius 2 is 2.00 bits per heavy atom. The molecule has 17 heavy (non-hydrogen) atoms. The van der Waals surface area contributed by atoms with Gasteiger partial charge in [0.2, 0.25) is 5.91 Å². The lowest BCUT2D eigenvalue weighted by Gasteiger charge is -2.31. The smallest absolute Gasteiger partial charge is 0.308 e. The summed E-state index contributed by atoms with van der Waals surface area (Å²) in [6.07, 6.45) is 4.10. The van der Waals surface area contributed by atoms with Crippen molar-refractivity contribution < 1.29 is 14.7 Å². The molecule has 0 spiro atoms. The fraction of sp³-hybridized carbons (Fsp3) is 0.846. The monoisotopic (exact) mass is 241 g/mol. The number of likely N-dealkylation sites (tertiary alicyclic amines) is 1. The molecule has 1 saturated heterocycles. The summed E-state index contributed by atoms with van der Waals surface area (Å²) in [5.74, 6) is -0.572. The molecule has 1 N–H and O–H groups in total. The molecule has 1 amide bonds. The number of carbonyl (C=O) groups excluding carboxylic acids is 1. The van der Waals surface area contributed by atoms with Crippen LogP contribution in [0.3, 0.4) is 0 Å². The van der Waals surface area contributed by atoms with Crippen LogP contribution in [0, 0.1) is 11.8 Å². The third kappa shape index (κ3) is 4.02. The van der Waals surface area contributed by atoms with Crippen LogP contribution in [-0.2, 0) is 9.59 Å². The number of aliphatic carboxylic acids is 1. The zero-order valence-electron chi connectivity index (χ0n) is 10.8. The molecule has 0 bridgehead atoms. The fourth-order valence-corrected chi connectivity index (χ4v) is 2.36. The van der Waals surface area contributed by atoms with Gasteiger partial charge < -0.3 is 10.0 Å². The van der Waals surface area contributed by atoms with Gasteiger partial charge in [-0.3, -0.25) is 9.59 Å². The molecule has 0 aromatic rings. The van der Waals surface area contributed by atoms with E-state index in [1.807, 2.05) is 0 Å². The Balaban J connectivity index is 2.48. The van der Waals surface area contributed by atoms with Crippen molar-refractivity contribution in [3.63, 3.8) is 0 Å². The third-order valence-corrected chi connectivity index (χ3v) is 3.74. The molecule has 0 saturated carbocycles. The zero-order chi connectivity index (χ0) is 12.8. The summed E-state index contributed by atoms with van der Waals surface area (Å²) in [5.41, 5.74) is 0. The molecule has 1 atom stereocenters. The first-order valence-electron chi connectivity index (χ1n) is 6.59. The topological polar surface area (TPSA) is 57.6 Å². The van der Waals surface area contributed by atoms with Crippen LogP contribution >= 0.6 is 0 Å². The number of carboxylic acids is 1. The van der Waals surface area contributed by atoms with E-state index in [9.17, 15) is 9.59 Å². The van der Waals surface area contributed by atoms with Gasteiger partial charge in [-0.15, -0.1) is 0 Å². The summed E-state index contributed by atoms with van der Waals surface area (Å²) in [5, 5.41) is 8.97. The van der Waals surface area contributed by atoms with Gasteiger partial charge in [0, 0.05) is 19.5 Å². The lowest BCUT2D eigenvalue weighted by Crippen LogP contribution is -2.42. The maximum Gasteiger partial charge on any atom is 0.308 e. The molecule has 1 rings (SSSR count). The summed E-state index contributed by atoms with van der Waals surface area (Å²) >= 11 is 0. The van der Waals surface area contributed by atoms with Crippen LogP contribution in [0.2, 0.25) is 0 Å². The minimum Gasteiger partial charge on any atom is -0.481 e. The Kier molecular flexibility index (Phi) is 5.45. The highest BCUT2D eigenvalue weighted by Gasteiger charge is 2.28. The van der Waals surface area contributed by atoms with Gasteiger partial charge >= 0.3 is 5.97 Å². The van der Waals surface area contributed by atoms with Gasteiger partial charge in [-0.25, -0.2) is 0 Å². The molecule has 0 aromatic carbocycles. The first kappa shape index (κ1) is 14.0. The Labute approximate surface area is 103 Å². The second kappa shape index (κ2) is 6.62. The number of carboxylic acid groups (broad SMARTS) is 1. The third-order valence-electron chi connectivity index (χ3n) is 3.74. The van der Waals surface area contributed by atoms with E-state index in [0.29, 0.717) is 25.3 Å². The van der Waals surface area contributed by atoms with Crippen molar-refractivity contribution in [1.82, 2.24) is 4.90 Å². The summed E-state index contributed by atoms with van der Waals surface area (Å²) in [7, 11) is 0. The Bertz CT molecular complexity index is 274. The van der Waals surface area contributed by atoms with Crippen LogP contribution in [0.4, 0.5) is 0 Å². The number of carbonyl (C=O) groups is 2. The number of hydrogen-bond acceptors (Lipinski definition) is 2. The van der Waals surface area contributed by atoms with Crippen LogP contribution in [-0.4, -0.2) is 35.0 Å². The van der Waals surface area contributed by atoms with E-state index in [0.717, 1.165) is 25.8 Å². The molecule has 0 aliphatic carbocycles. The van der Waals surface area contributed by atoms with Crippen molar-refractivity contribution in [1.29, 1.82) is 0 Å². The van der Waals surface area contributed by atoms with Crippen molar-refractivity contribution in [3.8, 4) is 0 Å². The first-order chi connectivity index (χ1) is 8.08. The number of rotatable bonds is 5. The van der Waals surface area contributed by atoms with Crippen molar-refractivity contribution in [3.05, 3.63) is 0 Å². The van der Waals surface area contributed by atoms with Gasteiger partial charge in [-0.05, 0) is 18.8 Å². The molecule has 0 radical (unpaired) electrons. The standard InChI is InChI=1S/C13H23NO3/c1-3-10(4-2)8-12(15)14-7-5-6-11(9-14)13(16)17/h10-11H,3-9H2,1-2H3,(H,16,17)/t11-/m0/s1. The van der Waals surface area contributed by atoms with Gasteiger partial charge in [0.15, 0.2) is 0 Å². The second-order valence-electron chi connectivity index (χ2n) is 4.90. The Morgan fingerprint density at radius 3 is 2.53 bits per heavy atom. The van der Waals surface area contributed by atoms with Crippen molar-refractivity contribution in [2.75, 3.05) is 13.1 Å². The SMILES string of the molecule is CCC(CC)CC(=O)N1CCC[C@H](C(=O)O)C1. The molecule has 0 aromatic heterocycles. The molecule has 1 fully saturated rings. The van der Waals surface area contributed by atoms with Crippen molar-refractivity contribution >= 4 is 11.9 Å². The number of nitrogens with zero attached hydrogens (tertiary/aromatic N) is 1. The van der Waals surface area contributed by atoms with Gasteiger partial charge in [-0.2, -0.15) is 0 Å². The Morgan fingerprint density at radius 1 is 1.35 bits per heavy atom. The molecule has 1 heterocycles. The van der Waals surface area contributed by atoms with Crippen LogP contribution in [0.1, 0.15) is 46.0 Å². The maximum atomic E-state index is 12.0. The summed E-state index contributed by atoms with van der Waals surface area (Å²) in [6.45, 7) is 5.31. The molecule has 1 aliphatic rings. The van der Waals surface area contributed by atoms with E-state index in [2.05, 4.69) is 13.8 Å². The molecule has 4 nitrogen and oxygen atoms in total. The van der Waals surface area contributed by atoms with Crippen LogP contribution in [0.25, 0.3) is 0 Å². The lowest BCUT2D eigenvalue weighted by molar-refractivity contribution is -0.145. The molecular weight excluding hydrogens is 218 g/mol. The predicted octanol–water partition coefficient (Wildman–Crippen LogP) is 2.14. The first-order valence-corrected chi connectivity index (χ1v) is 6.59. The van der Waals surface area contributed by atoms with E-state index < -0.39 is 5.97 Å². The van der Waals surface area contributed by atoms with Crippen molar-refractivity contribution in [2.45, 2.75) is 46.0 Å². The highest BCUT2D eigenvalue weighted by Crippen LogP contribution is 2.20. The summed E-state index contributed by atoms with van der Waals surface area (Å²) in [6, 6.07) is 0. The van der Waals surface area contributed by atoms with E-state index in [1.54, 1.807) is 4.90 Å². The minimum atomic E-state index is -0.773. The minimum absolute atomic E-state index is 0.129. The van der Waals surface area contributed by atoms with Crippen molar-refractivity contribution in [2.24, 2.45) is 11.8 Å². The maximum absolute atomic E-state index is 12.0. The van der Waals surface area contributed by atoms with E-state index >= 15 is 0 Å². The lowest BCUT2D eigenvalue weighted by atomic mass is 9.95.